The minimum absolute atomic E-state index is 0.215. The lowest BCUT2D eigenvalue weighted by molar-refractivity contribution is 0.472. The topological polar surface area (TPSA) is 46.2 Å². The van der Waals surface area contributed by atoms with Crippen molar-refractivity contribution in [1.29, 1.82) is 0 Å². The summed E-state index contributed by atoms with van der Waals surface area (Å²) in [5.41, 5.74) is 2.03. The second kappa shape index (κ2) is 7.07. The van der Waals surface area contributed by atoms with Crippen LogP contribution in [0.4, 0.5) is 0 Å². The Morgan fingerprint density at radius 2 is 1.55 bits per heavy atom. The van der Waals surface area contributed by atoms with Gasteiger partial charge in [0.15, 0.2) is 0 Å². The van der Waals surface area contributed by atoms with Crippen LogP contribution >= 0.6 is 0 Å². The summed E-state index contributed by atoms with van der Waals surface area (Å²) in [4.78, 5) is 0.308. The van der Waals surface area contributed by atoms with Crippen LogP contribution in [0.2, 0.25) is 0 Å². The van der Waals surface area contributed by atoms with E-state index < -0.39 is 10.0 Å². The summed E-state index contributed by atoms with van der Waals surface area (Å²) in [6.07, 6.45) is 0.759. The highest BCUT2D eigenvalue weighted by Crippen LogP contribution is 2.23. The van der Waals surface area contributed by atoms with E-state index in [1.54, 1.807) is 12.1 Å². The molecule has 0 aliphatic carbocycles. The molecule has 0 radical (unpaired) electrons. The fourth-order valence-corrected chi connectivity index (χ4v) is 3.62. The van der Waals surface area contributed by atoms with Gasteiger partial charge in [0.25, 0.3) is 0 Å². The van der Waals surface area contributed by atoms with Crippen LogP contribution in [-0.4, -0.2) is 8.42 Å². The molecule has 2 aromatic carbocycles. The van der Waals surface area contributed by atoms with Gasteiger partial charge in [0.1, 0.15) is 0 Å². The molecule has 0 aliphatic heterocycles. The van der Waals surface area contributed by atoms with Gasteiger partial charge >= 0.3 is 0 Å². The first kappa shape index (κ1) is 16.7. The summed E-state index contributed by atoms with van der Waals surface area (Å²) < 4.78 is 28.0. The quantitative estimate of drug-likeness (QED) is 0.873. The maximum atomic E-state index is 12.6. The monoisotopic (exact) mass is 317 g/mol. The summed E-state index contributed by atoms with van der Waals surface area (Å²) >= 11 is 0. The lowest BCUT2D eigenvalue weighted by atomic mass is 9.98. The highest BCUT2D eigenvalue weighted by molar-refractivity contribution is 7.89. The average molecular weight is 317 g/mol. The number of hydrogen-bond acceptors (Lipinski definition) is 2. The van der Waals surface area contributed by atoms with E-state index in [2.05, 4.69) is 18.6 Å². The molecule has 2 rings (SSSR count). The Labute approximate surface area is 133 Å². The van der Waals surface area contributed by atoms with Crippen molar-refractivity contribution >= 4 is 10.0 Å². The Morgan fingerprint density at radius 3 is 2.09 bits per heavy atom. The molecule has 0 unspecified atom stereocenters. The van der Waals surface area contributed by atoms with Gasteiger partial charge in [-0.3, -0.25) is 0 Å². The molecule has 0 saturated heterocycles. The van der Waals surface area contributed by atoms with Crippen molar-refractivity contribution in [1.82, 2.24) is 4.72 Å². The second-order valence-electron chi connectivity index (χ2n) is 6.03. The molecule has 0 saturated carbocycles. The first-order valence-corrected chi connectivity index (χ1v) is 9.01. The van der Waals surface area contributed by atoms with Crippen molar-refractivity contribution < 1.29 is 8.42 Å². The average Bonchev–Trinajstić information content (AvgIpc) is 2.47. The van der Waals surface area contributed by atoms with Crippen LogP contribution in [0.5, 0.6) is 0 Å². The van der Waals surface area contributed by atoms with Crippen molar-refractivity contribution in [3.63, 3.8) is 0 Å². The minimum Gasteiger partial charge on any atom is -0.207 e. The molecule has 1 atom stereocenters. The van der Waals surface area contributed by atoms with Gasteiger partial charge in [0.2, 0.25) is 10.0 Å². The molecule has 118 valence electrons. The van der Waals surface area contributed by atoms with E-state index >= 15 is 0 Å². The van der Waals surface area contributed by atoms with E-state index in [1.807, 2.05) is 49.4 Å². The number of benzene rings is 2. The first-order chi connectivity index (χ1) is 10.4. The van der Waals surface area contributed by atoms with Crippen LogP contribution in [0.25, 0.3) is 0 Å². The molecule has 3 nitrogen and oxygen atoms in total. The van der Waals surface area contributed by atoms with Gasteiger partial charge in [-0.2, -0.15) is 0 Å². The lowest BCUT2D eigenvalue weighted by Crippen LogP contribution is -2.29. The van der Waals surface area contributed by atoms with Crippen molar-refractivity contribution in [3.8, 4) is 0 Å². The Bertz CT molecular complexity index is 692. The largest absolute Gasteiger partial charge is 0.241 e. The zero-order chi connectivity index (χ0) is 16.2. The van der Waals surface area contributed by atoms with E-state index in [9.17, 15) is 8.42 Å². The van der Waals surface area contributed by atoms with Gasteiger partial charge < -0.3 is 0 Å². The maximum Gasteiger partial charge on any atom is 0.241 e. The summed E-state index contributed by atoms with van der Waals surface area (Å²) in [6.45, 7) is 6.13. The second-order valence-corrected chi connectivity index (χ2v) is 7.74. The normalized spacial score (nSPS) is 13.3. The molecule has 0 bridgehead atoms. The Morgan fingerprint density at radius 1 is 0.955 bits per heavy atom. The predicted molar refractivity (Wildman–Crippen MR) is 90.1 cm³/mol. The smallest absolute Gasteiger partial charge is 0.207 e. The van der Waals surface area contributed by atoms with Crippen molar-refractivity contribution in [2.75, 3.05) is 0 Å². The molecular formula is C18H23NO2S. The number of rotatable bonds is 6. The minimum atomic E-state index is -3.52. The number of sulfonamides is 1. The van der Waals surface area contributed by atoms with Crippen LogP contribution in [0.1, 0.15) is 37.4 Å². The molecular weight excluding hydrogens is 294 g/mol. The van der Waals surface area contributed by atoms with Crippen molar-refractivity contribution in [3.05, 3.63) is 65.7 Å². The van der Waals surface area contributed by atoms with Crippen LogP contribution in [-0.2, 0) is 10.0 Å². The third-order valence-electron chi connectivity index (χ3n) is 3.54. The van der Waals surface area contributed by atoms with E-state index in [-0.39, 0.29) is 6.04 Å². The van der Waals surface area contributed by atoms with Gasteiger partial charge in [0.05, 0.1) is 4.90 Å². The molecule has 0 aliphatic rings. The molecule has 0 spiro atoms. The Balaban J connectivity index is 2.28. The van der Waals surface area contributed by atoms with Gasteiger partial charge in [-0.1, -0.05) is 61.9 Å². The number of aryl methyl sites for hydroxylation is 1. The molecule has 0 fully saturated rings. The predicted octanol–water partition coefficient (Wildman–Crippen LogP) is 4.06. The summed E-state index contributed by atoms with van der Waals surface area (Å²) in [5, 5.41) is 0. The van der Waals surface area contributed by atoms with Gasteiger partial charge in [-0.15, -0.1) is 0 Å². The molecule has 0 amide bonds. The third-order valence-corrected chi connectivity index (χ3v) is 5.03. The van der Waals surface area contributed by atoms with Crippen LogP contribution in [0.3, 0.4) is 0 Å². The van der Waals surface area contributed by atoms with Crippen molar-refractivity contribution in [2.24, 2.45) is 5.92 Å². The summed E-state index contributed by atoms with van der Waals surface area (Å²) in [7, 11) is -3.52. The zero-order valence-electron chi connectivity index (χ0n) is 13.3. The SMILES string of the molecule is Cc1ccc(S(=O)(=O)N[C@@H](CC(C)C)c2ccccc2)cc1. The standard InChI is InChI=1S/C18H23NO2S/c1-14(2)13-18(16-7-5-4-6-8-16)19-22(20,21)17-11-9-15(3)10-12-17/h4-12,14,18-19H,13H2,1-3H3/t18-/m0/s1. The van der Waals surface area contributed by atoms with Crippen LogP contribution in [0.15, 0.2) is 59.5 Å². The highest BCUT2D eigenvalue weighted by Gasteiger charge is 2.22. The van der Waals surface area contributed by atoms with E-state index in [1.165, 1.54) is 0 Å². The van der Waals surface area contributed by atoms with Gasteiger partial charge in [0, 0.05) is 6.04 Å². The molecule has 22 heavy (non-hydrogen) atoms. The van der Waals surface area contributed by atoms with Crippen LogP contribution < -0.4 is 4.72 Å². The summed E-state index contributed by atoms with van der Waals surface area (Å²) in [6, 6.07) is 16.4. The molecule has 2 aromatic rings. The maximum absolute atomic E-state index is 12.6. The Hall–Kier alpha value is -1.65. The van der Waals surface area contributed by atoms with Crippen LogP contribution in [0, 0.1) is 12.8 Å². The van der Waals surface area contributed by atoms with Crippen molar-refractivity contribution in [2.45, 2.75) is 38.1 Å². The van der Waals surface area contributed by atoms with E-state index in [4.69, 9.17) is 0 Å². The number of nitrogens with one attached hydrogen (secondary N) is 1. The Kier molecular flexibility index (Phi) is 5.37. The fraction of sp³-hybridized carbons (Fsp3) is 0.333. The molecule has 1 N–H and O–H groups in total. The molecule has 0 aromatic heterocycles. The van der Waals surface area contributed by atoms with Gasteiger partial charge in [-0.25, -0.2) is 13.1 Å². The van der Waals surface area contributed by atoms with E-state index in [0.717, 1.165) is 17.5 Å². The highest BCUT2D eigenvalue weighted by atomic mass is 32.2. The number of hydrogen-bond donors (Lipinski definition) is 1. The zero-order valence-corrected chi connectivity index (χ0v) is 14.1. The first-order valence-electron chi connectivity index (χ1n) is 7.52. The van der Waals surface area contributed by atoms with E-state index in [0.29, 0.717) is 10.8 Å². The molecule has 4 heteroatoms. The molecule has 0 heterocycles. The lowest BCUT2D eigenvalue weighted by Gasteiger charge is -2.21. The third kappa shape index (κ3) is 4.42. The fourth-order valence-electron chi connectivity index (χ4n) is 2.38. The summed E-state index contributed by atoms with van der Waals surface area (Å²) in [5.74, 6) is 0.394. The van der Waals surface area contributed by atoms with Gasteiger partial charge in [-0.05, 0) is 37.0 Å².